The van der Waals surface area contributed by atoms with Crippen LogP contribution in [0.4, 0.5) is 4.79 Å². The number of thiophene rings is 1. The van der Waals surface area contributed by atoms with Crippen molar-refractivity contribution in [2.24, 2.45) is 0 Å². The van der Waals surface area contributed by atoms with E-state index < -0.39 is 0 Å². The first-order valence-electron chi connectivity index (χ1n) is 4.86. The zero-order valence-corrected chi connectivity index (χ0v) is 11.2. The Labute approximate surface area is 102 Å². The normalized spacial score (nSPS) is 10.4. The van der Waals surface area contributed by atoms with Gasteiger partial charge in [-0.05, 0) is 48.3 Å². The lowest BCUT2D eigenvalue weighted by Crippen LogP contribution is -2.40. The largest absolute Gasteiger partial charge is 0.338 e. The average molecular weight is 291 g/mol. The summed E-state index contributed by atoms with van der Waals surface area (Å²) in [4.78, 5) is 12.5. The Kier molecular flexibility index (Phi) is 5.11. The van der Waals surface area contributed by atoms with E-state index in [-0.39, 0.29) is 12.1 Å². The molecule has 5 heteroatoms. The average Bonchev–Trinajstić information content (AvgIpc) is 2.50. The summed E-state index contributed by atoms with van der Waals surface area (Å²) in [5.74, 6) is 0. The Bertz CT molecular complexity index is 325. The molecule has 0 radical (unpaired) electrons. The molecule has 1 heterocycles. The van der Waals surface area contributed by atoms with Crippen molar-refractivity contribution in [3.63, 3.8) is 0 Å². The molecule has 1 rings (SSSR count). The quantitative estimate of drug-likeness (QED) is 0.880. The highest BCUT2D eigenvalue weighted by Gasteiger charge is 2.02. The number of urea groups is 1. The molecule has 15 heavy (non-hydrogen) atoms. The highest BCUT2D eigenvalue weighted by molar-refractivity contribution is 9.11. The maximum Gasteiger partial charge on any atom is 0.314 e. The van der Waals surface area contributed by atoms with Crippen molar-refractivity contribution in [1.82, 2.24) is 10.6 Å². The number of rotatable bonds is 4. The van der Waals surface area contributed by atoms with Crippen LogP contribution in [0.1, 0.15) is 18.7 Å². The van der Waals surface area contributed by atoms with Crippen LogP contribution in [-0.2, 0) is 6.42 Å². The third-order valence-corrected chi connectivity index (χ3v) is 3.39. The Balaban J connectivity index is 2.19. The van der Waals surface area contributed by atoms with E-state index in [0.29, 0.717) is 6.54 Å². The molecule has 0 spiro atoms. The molecule has 1 aromatic rings. The molecule has 3 nitrogen and oxygen atoms in total. The van der Waals surface area contributed by atoms with Crippen molar-refractivity contribution in [3.8, 4) is 0 Å². The lowest BCUT2D eigenvalue weighted by molar-refractivity contribution is 0.238. The molecule has 0 aliphatic heterocycles. The van der Waals surface area contributed by atoms with Crippen LogP contribution in [0.3, 0.4) is 0 Å². The Hall–Kier alpha value is -0.550. The van der Waals surface area contributed by atoms with Gasteiger partial charge >= 0.3 is 6.03 Å². The molecular formula is C10H15BrN2OS. The fourth-order valence-electron chi connectivity index (χ4n) is 1.10. The van der Waals surface area contributed by atoms with Crippen molar-refractivity contribution in [3.05, 3.63) is 20.8 Å². The van der Waals surface area contributed by atoms with Crippen LogP contribution in [0.5, 0.6) is 0 Å². The second kappa shape index (κ2) is 6.12. The van der Waals surface area contributed by atoms with E-state index >= 15 is 0 Å². The second-order valence-corrected chi connectivity index (χ2v) is 6.06. The van der Waals surface area contributed by atoms with Crippen molar-refractivity contribution in [2.45, 2.75) is 26.3 Å². The minimum Gasteiger partial charge on any atom is -0.338 e. The zero-order valence-electron chi connectivity index (χ0n) is 8.84. The Morgan fingerprint density at radius 1 is 1.53 bits per heavy atom. The van der Waals surface area contributed by atoms with Gasteiger partial charge in [-0.2, -0.15) is 0 Å². The van der Waals surface area contributed by atoms with Crippen molar-refractivity contribution in [2.75, 3.05) is 6.54 Å². The summed E-state index contributed by atoms with van der Waals surface area (Å²) in [5.41, 5.74) is 0. The smallest absolute Gasteiger partial charge is 0.314 e. The lowest BCUT2D eigenvalue weighted by atomic mass is 10.3. The van der Waals surface area contributed by atoms with Crippen LogP contribution >= 0.6 is 27.3 Å². The first-order valence-corrected chi connectivity index (χ1v) is 6.47. The number of hydrogen-bond donors (Lipinski definition) is 2. The molecule has 0 saturated carbocycles. The van der Waals surface area contributed by atoms with Crippen LogP contribution in [-0.4, -0.2) is 18.6 Å². The van der Waals surface area contributed by atoms with E-state index in [1.807, 2.05) is 19.9 Å². The van der Waals surface area contributed by atoms with E-state index in [9.17, 15) is 4.79 Å². The van der Waals surface area contributed by atoms with Gasteiger partial charge in [-0.25, -0.2) is 4.79 Å². The zero-order chi connectivity index (χ0) is 11.3. The van der Waals surface area contributed by atoms with Crippen molar-refractivity contribution < 1.29 is 4.79 Å². The van der Waals surface area contributed by atoms with Crippen LogP contribution < -0.4 is 10.6 Å². The molecule has 0 atom stereocenters. The second-order valence-electron chi connectivity index (χ2n) is 3.51. The van der Waals surface area contributed by atoms with E-state index in [1.54, 1.807) is 11.3 Å². The SMILES string of the molecule is CC(C)NC(=O)NCCc1ccc(Br)s1. The fourth-order valence-corrected chi connectivity index (χ4v) is 2.58. The Morgan fingerprint density at radius 2 is 2.27 bits per heavy atom. The molecule has 0 unspecified atom stereocenters. The van der Waals surface area contributed by atoms with Gasteiger partial charge in [-0.15, -0.1) is 11.3 Å². The van der Waals surface area contributed by atoms with E-state index in [4.69, 9.17) is 0 Å². The number of amides is 2. The van der Waals surface area contributed by atoms with Gasteiger partial charge in [0.15, 0.2) is 0 Å². The van der Waals surface area contributed by atoms with Gasteiger partial charge < -0.3 is 10.6 Å². The van der Waals surface area contributed by atoms with Gasteiger partial charge in [0.05, 0.1) is 3.79 Å². The number of nitrogens with one attached hydrogen (secondary N) is 2. The fraction of sp³-hybridized carbons (Fsp3) is 0.500. The number of carbonyl (C=O) groups excluding carboxylic acids is 1. The summed E-state index contributed by atoms with van der Waals surface area (Å²) in [5, 5.41) is 5.59. The summed E-state index contributed by atoms with van der Waals surface area (Å²) in [6.45, 7) is 4.55. The monoisotopic (exact) mass is 290 g/mol. The standard InChI is InChI=1S/C10H15BrN2OS/c1-7(2)13-10(14)12-6-5-8-3-4-9(11)15-8/h3-4,7H,5-6H2,1-2H3,(H2,12,13,14). The van der Waals surface area contributed by atoms with Crippen LogP contribution in [0.2, 0.25) is 0 Å². The molecule has 2 N–H and O–H groups in total. The number of carbonyl (C=O) groups is 1. The first kappa shape index (κ1) is 12.5. The van der Waals surface area contributed by atoms with Gasteiger partial charge in [0.1, 0.15) is 0 Å². The molecule has 0 fully saturated rings. The molecule has 0 aliphatic rings. The van der Waals surface area contributed by atoms with Gasteiger partial charge in [0, 0.05) is 17.5 Å². The highest BCUT2D eigenvalue weighted by atomic mass is 79.9. The third-order valence-electron chi connectivity index (χ3n) is 1.71. The van der Waals surface area contributed by atoms with Gasteiger partial charge in [-0.1, -0.05) is 0 Å². The molecule has 0 aliphatic carbocycles. The highest BCUT2D eigenvalue weighted by Crippen LogP contribution is 2.21. The summed E-state index contributed by atoms with van der Waals surface area (Å²) in [7, 11) is 0. The third kappa shape index (κ3) is 5.18. The minimum atomic E-state index is -0.0966. The van der Waals surface area contributed by atoms with Crippen LogP contribution in [0, 0.1) is 0 Å². The minimum absolute atomic E-state index is 0.0966. The van der Waals surface area contributed by atoms with Crippen LogP contribution in [0.25, 0.3) is 0 Å². The van der Waals surface area contributed by atoms with Gasteiger partial charge in [0.2, 0.25) is 0 Å². The van der Waals surface area contributed by atoms with Gasteiger partial charge in [0.25, 0.3) is 0 Å². The molecule has 0 aromatic carbocycles. The predicted octanol–water partition coefficient (Wildman–Crippen LogP) is 2.76. The molecule has 2 amide bonds. The molecule has 0 saturated heterocycles. The molecule has 84 valence electrons. The van der Waals surface area contributed by atoms with E-state index in [1.165, 1.54) is 4.88 Å². The topological polar surface area (TPSA) is 41.1 Å². The summed E-state index contributed by atoms with van der Waals surface area (Å²) in [6.07, 6.45) is 0.877. The summed E-state index contributed by atoms with van der Waals surface area (Å²) < 4.78 is 1.13. The van der Waals surface area contributed by atoms with Crippen molar-refractivity contribution >= 4 is 33.3 Å². The maximum atomic E-state index is 11.2. The maximum absolute atomic E-state index is 11.2. The Morgan fingerprint density at radius 3 is 2.80 bits per heavy atom. The van der Waals surface area contributed by atoms with Gasteiger partial charge in [-0.3, -0.25) is 0 Å². The predicted molar refractivity (Wildman–Crippen MR) is 67.4 cm³/mol. The van der Waals surface area contributed by atoms with E-state index in [0.717, 1.165) is 10.2 Å². The first-order chi connectivity index (χ1) is 7.08. The summed E-state index contributed by atoms with van der Waals surface area (Å²) in [6, 6.07) is 4.17. The van der Waals surface area contributed by atoms with Crippen LogP contribution in [0.15, 0.2) is 15.9 Å². The van der Waals surface area contributed by atoms with E-state index in [2.05, 4.69) is 32.6 Å². The molecular weight excluding hydrogens is 276 g/mol. The number of hydrogen-bond acceptors (Lipinski definition) is 2. The molecule has 1 aromatic heterocycles. The molecule has 0 bridgehead atoms. The lowest BCUT2D eigenvalue weighted by Gasteiger charge is -2.09. The summed E-state index contributed by atoms with van der Waals surface area (Å²) >= 11 is 5.10. The number of halogens is 1. The van der Waals surface area contributed by atoms with Crippen molar-refractivity contribution in [1.29, 1.82) is 0 Å².